The fourth-order valence-corrected chi connectivity index (χ4v) is 4.18. The fourth-order valence-electron chi connectivity index (χ4n) is 2.97. The van der Waals surface area contributed by atoms with Crippen molar-refractivity contribution in [1.82, 2.24) is 4.90 Å². The second-order valence-electron chi connectivity index (χ2n) is 6.30. The molecule has 1 aliphatic heterocycles. The quantitative estimate of drug-likeness (QED) is 0.785. The van der Waals surface area contributed by atoms with E-state index in [-0.39, 0.29) is 18.0 Å². The van der Waals surface area contributed by atoms with Crippen LogP contribution in [-0.2, 0) is 16.0 Å². The molecule has 0 aliphatic carbocycles. The van der Waals surface area contributed by atoms with Gasteiger partial charge in [-0.05, 0) is 37.1 Å². The van der Waals surface area contributed by atoms with E-state index >= 15 is 0 Å². The van der Waals surface area contributed by atoms with Gasteiger partial charge in [-0.15, -0.1) is 0 Å². The average Bonchev–Trinajstić information content (AvgIpc) is 2.98. The van der Waals surface area contributed by atoms with Crippen LogP contribution < -0.4 is 5.32 Å². The lowest BCUT2D eigenvalue weighted by Crippen LogP contribution is -2.33. The van der Waals surface area contributed by atoms with Gasteiger partial charge in [0.05, 0.1) is 11.4 Å². The molecule has 1 atom stereocenters. The molecule has 2 amide bonds. The predicted octanol–water partition coefficient (Wildman–Crippen LogP) is 4.37. The molecule has 28 heavy (non-hydrogen) atoms. The minimum absolute atomic E-state index is 0.0389. The van der Waals surface area contributed by atoms with Crippen LogP contribution in [0, 0.1) is 5.82 Å². The third kappa shape index (κ3) is 4.42. The van der Waals surface area contributed by atoms with E-state index in [4.69, 9.17) is 0 Å². The Morgan fingerprint density at radius 2 is 1.89 bits per heavy atom. The molecule has 1 aliphatic rings. The lowest BCUT2D eigenvalue weighted by atomic mass is 10.1. The minimum Gasteiger partial charge on any atom is -0.324 e. The van der Waals surface area contributed by atoms with Gasteiger partial charge in [-0.2, -0.15) is 0 Å². The van der Waals surface area contributed by atoms with E-state index in [1.54, 1.807) is 17.0 Å². The van der Waals surface area contributed by atoms with Crippen LogP contribution in [0.15, 0.2) is 53.5 Å². The first-order valence-corrected chi connectivity index (χ1v) is 10.1. The summed E-state index contributed by atoms with van der Waals surface area (Å²) in [5, 5.41) is 2.56. The molecule has 146 valence electrons. The number of nitrogens with one attached hydrogen (secondary N) is 1. The Hall–Kier alpha value is -2.67. The van der Waals surface area contributed by atoms with Gasteiger partial charge >= 0.3 is 0 Å². The molecule has 1 saturated heterocycles. The third-order valence-corrected chi connectivity index (χ3v) is 5.62. The van der Waals surface area contributed by atoms with Gasteiger partial charge in [0.25, 0.3) is 0 Å². The van der Waals surface area contributed by atoms with Gasteiger partial charge in [0.15, 0.2) is 5.17 Å². The number of benzene rings is 2. The van der Waals surface area contributed by atoms with Gasteiger partial charge in [-0.1, -0.05) is 49.0 Å². The zero-order chi connectivity index (χ0) is 20.1. The molecule has 2 aromatic carbocycles. The number of nitrogens with zero attached hydrogens (tertiary/aromatic N) is 2. The van der Waals surface area contributed by atoms with Crippen molar-refractivity contribution in [2.45, 2.75) is 31.9 Å². The lowest BCUT2D eigenvalue weighted by molar-refractivity contribution is -0.128. The number of rotatable bonds is 6. The van der Waals surface area contributed by atoms with Gasteiger partial charge < -0.3 is 5.32 Å². The van der Waals surface area contributed by atoms with E-state index < -0.39 is 17.0 Å². The second kappa shape index (κ2) is 9.01. The number of hydrogen-bond acceptors (Lipinski definition) is 4. The van der Waals surface area contributed by atoms with Crippen molar-refractivity contribution in [3.63, 3.8) is 0 Å². The molecule has 1 fully saturated rings. The molecule has 1 N–H and O–H groups in total. The third-order valence-electron chi connectivity index (χ3n) is 4.44. The van der Waals surface area contributed by atoms with E-state index in [0.717, 1.165) is 17.7 Å². The van der Waals surface area contributed by atoms with E-state index in [0.29, 0.717) is 11.7 Å². The van der Waals surface area contributed by atoms with Crippen molar-refractivity contribution in [3.8, 4) is 0 Å². The summed E-state index contributed by atoms with van der Waals surface area (Å²) in [5.41, 5.74) is 2.04. The molecule has 7 heteroatoms. The fraction of sp³-hybridized carbons (Fsp3) is 0.286. The van der Waals surface area contributed by atoms with Crippen LogP contribution >= 0.6 is 11.8 Å². The standard InChI is InChI=1S/C21H22FN3O2S/c1-3-14-9-5-7-11-16(14)24-21-25(4-2)20(27)18(28-21)13-19(26)23-17-12-8-6-10-15(17)22/h5-12,18H,3-4,13H2,1-2H3,(H,23,26). The molecule has 0 radical (unpaired) electrons. The number of aryl methyl sites for hydroxylation is 1. The van der Waals surface area contributed by atoms with Crippen LogP contribution in [-0.4, -0.2) is 33.7 Å². The SMILES string of the molecule is CCc1ccccc1N=C1SC(CC(=O)Nc2ccccc2F)C(=O)N1CC. The Morgan fingerprint density at radius 3 is 2.61 bits per heavy atom. The summed E-state index contributed by atoms with van der Waals surface area (Å²) in [5.74, 6) is -1.05. The van der Waals surface area contributed by atoms with Crippen LogP contribution in [0.4, 0.5) is 15.8 Å². The summed E-state index contributed by atoms with van der Waals surface area (Å²) in [6.07, 6.45) is 0.801. The molecule has 0 spiro atoms. The molecule has 2 aromatic rings. The average molecular weight is 399 g/mol. The van der Waals surface area contributed by atoms with Crippen LogP contribution in [0.1, 0.15) is 25.8 Å². The molecule has 5 nitrogen and oxygen atoms in total. The van der Waals surface area contributed by atoms with E-state index in [9.17, 15) is 14.0 Å². The summed E-state index contributed by atoms with van der Waals surface area (Å²) in [7, 11) is 0. The van der Waals surface area contributed by atoms with Gasteiger partial charge in [0.2, 0.25) is 11.8 Å². The van der Waals surface area contributed by atoms with Crippen molar-refractivity contribution in [2.75, 3.05) is 11.9 Å². The van der Waals surface area contributed by atoms with Crippen LogP contribution in [0.25, 0.3) is 0 Å². The number of carbonyl (C=O) groups excluding carboxylic acids is 2. The highest BCUT2D eigenvalue weighted by Gasteiger charge is 2.38. The van der Waals surface area contributed by atoms with Gasteiger partial charge in [-0.25, -0.2) is 9.38 Å². The number of thioether (sulfide) groups is 1. The molecule has 0 saturated carbocycles. The Labute approximate surface area is 168 Å². The first-order chi connectivity index (χ1) is 13.5. The van der Waals surface area contributed by atoms with Crippen molar-refractivity contribution in [2.24, 2.45) is 4.99 Å². The number of aliphatic imine (C=N–C) groups is 1. The summed E-state index contributed by atoms with van der Waals surface area (Å²) >= 11 is 1.28. The van der Waals surface area contributed by atoms with E-state index in [2.05, 4.69) is 17.2 Å². The normalized spacial score (nSPS) is 18.0. The number of anilines is 1. The number of amidine groups is 1. The maximum atomic E-state index is 13.7. The number of amides is 2. The first kappa shape index (κ1) is 20.1. The second-order valence-corrected chi connectivity index (χ2v) is 7.47. The highest BCUT2D eigenvalue weighted by molar-refractivity contribution is 8.15. The topological polar surface area (TPSA) is 61.8 Å². The Balaban J connectivity index is 1.75. The Bertz CT molecular complexity index is 916. The van der Waals surface area contributed by atoms with Gasteiger partial charge in [0, 0.05) is 13.0 Å². The van der Waals surface area contributed by atoms with E-state index in [1.165, 1.54) is 23.9 Å². The van der Waals surface area contributed by atoms with Crippen molar-refractivity contribution >= 4 is 40.1 Å². The van der Waals surface area contributed by atoms with Crippen LogP contribution in [0.3, 0.4) is 0 Å². The number of hydrogen-bond donors (Lipinski definition) is 1. The maximum absolute atomic E-state index is 13.7. The first-order valence-electron chi connectivity index (χ1n) is 9.22. The zero-order valence-corrected chi connectivity index (χ0v) is 16.6. The lowest BCUT2D eigenvalue weighted by Gasteiger charge is -2.14. The number of carbonyl (C=O) groups is 2. The van der Waals surface area contributed by atoms with Crippen molar-refractivity contribution < 1.29 is 14.0 Å². The molecule has 3 rings (SSSR count). The summed E-state index contributed by atoms with van der Waals surface area (Å²) in [6, 6.07) is 13.8. The van der Waals surface area contributed by atoms with Crippen LogP contribution in [0.5, 0.6) is 0 Å². The number of halogens is 1. The Kier molecular flexibility index (Phi) is 6.46. The van der Waals surface area contributed by atoms with Gasteiger partial charge in [0.1, 0.15) is 11.1 Å². The highest BCUT2D eigenvalue weighted by atomic mass is 32.2. The van der Waals surface area contributed by atoms with Gasteiger partial charge in [-0.3, -0.25) is 14.5 Å². The highest BCUT2D eigenvalue weighted by Crippen LogP contribution is 2.32. The summed E-state index contributed by atoms with van der Waals surface area (Å²) in [4.78, 5) is 31.3. The number of para-hydroxylation sites is 2. The molecule has 0 bridgehead atoms. The summed E-state index contributed by atoms with van der Waals surface area (Å²) in [6.45, 7) is 4.41. The van der Waals surface area contributed by atoms with Crippen molar-refractivity contribution in [1.29, 1.82) is 0 Å². The van der Waals surface area contributed by atoms with E-state index in [1.807, 2.05) is 31.2 Å². The van der Waals surface area contributed by atoms with Crippen LogP contribution in [0.2, 0.25) is 0 Å². The monoisotopic (exact) mass is 399 g/mol. The molecule has 1 unspecified atom stereocenters. The summed E-state index contributed by atoms with van der Waals surface area (Å²) < 4.78 is 13.7. The Morgan fingerprint density at radius 1 is 1.18 bits per heavy atom. The molecular formula is C21H22FN3O2S. The smallest absolute Gasteiger partial charge is 0.242 e. The largest absolute Gasteiger partial charge is 0.324 e. The minimum atomic E-state index is -0.570. The predicted molar refractivity (Wildman–Crippen MR) is 111 cm³/mol. The zero-order valence-electron chi connectivity index (χ0n) is 15.8. The molecular weight excluding hydrogens is 377 g/mol. The van der Waals surface area contributed by atoms with Crippen molar-refractivity contribution in [3.05, 3.63) is 59.9 Å². The molecule has 0 aromatic heterocycles. The molecule has 1 heterocycles. The maximum Gasteiger partial charge on any atom is 0.242 e.